The first kappa shape index (κ1) is 15.7. The number of hydrogen-bond donors (Lipinski definition) is 0. The van der Waals surface area contributed by atoms with Gasteiger partial charge in [-0.05, 0) is 50.8 Å². The van der Waals surface area contributed by atoms with E-state index in [2.05, 4.69) is 34.7 Å². The van der Waals surface area contributed by atoms with Crippen LogP contribution in [0.15, 0.2) is 28.7 Å². The summed E-state index contributed by atoms with van der Waals surface area (Å²) in [6.45, 7) is 6.87. The Morgan fingerprint density at radius 1 is 1.25 bits per heavy atom. The molecule has 0 aromatic heterocycles. The molecule has 0 bridgehead atoms. The fourth-order valence-electron chi connectivity index (χ4n) is 2.91. The van der Waals surface area contributed by atoms with Gasteiger partial charge in [-0.15, -0.1) is 0 Å². The predicted molar refractivity (Wildman–Crippen MR) is 87.1 cm³/mol. The average Bonchev–Trinajstić information content (AvgIpc) is 2.43. The number of carbonyl (C=O) groups excluding carboxylic acids is 1. The standard InChI is InChI=1S/C17H24BrNO/c1-13-5-6-14(2)19(12-13)11-3-4-17(20)15-7-9-16(18)10-8-15/h7-10,13-14H,3-6,11-12H2,1-2H3. The van der Waals surface area contributed by atoms with E-state index in [9.17, 15) is 4.79 Å². The minimum Gasteiger partial charge on any atom is -0.300 e. The highest BCUT2D eigenvalue weighted by Crippen LogP contribution is 2.21. The van der Waals surface area contributed by atoms with E-state index in [0.29, 0.717) is 12.5 Å². The fourth-order valence-corrected chi connectivity index (χ4v) is 3.18. The zero-order valence-corrected chi connectivity index (χ0v) is 14.0. The molecule has 1 aliphatic rings. The molecule has 110 valence electrons. The maximum atomic E-state index is 12.1. The first-order valence-corrected chi connectivity index (χ1v) is 8.38. The lowest BCUT2D eigenvalue weighted by Gasteiger charge is -2.36. The molecule has 20 heavy (non-hydrogen) atoms. The Kier molecular flexibility index (Phi) is 5.79. The molecule has 2 unspecified atom stereocenters. The summed E-state index contributed by atoms with van der Waals surface area (Å²) in [6.07, 6.45) is 4.25. The summed E-state index contributed by atoms with van der Waals surface area (Å²) >= 11 is 3.39. The van der Waals surface area contributed by atoms with Crippen molar-refractivity contribution >= 4 is 21.7 Å². The van der Waals surface area contributed by atoms with E-state index in [1.807, 2.05) is 24.3 Å². The molecule has 2 nitrogen and oxygen atoms in total. The van der Waals surface area contributed by atoms with Crippen LogP contribution in [0.4, 0.5) is 0 Å². The van der Waals surface area contributed by atoms with Gasteiger partial charge in [0.25, 0.3) is 0 Å². The number of piperidine rings is 1. The maximum absolute atomic E-state index is 12.1. The molecule has 2 atom stereocenters. The van der Waals surface area contributed by atoms with Crippen LogP contribution in [0.2, 0.25) is 0 Å². The first-order chi connectivity index (χ1) is 9.56. The van der Waals surface area contributed by atoms with Crippen molar-refractivity contribution < 1.29 is 4.79 Å². The van der Waals surface area contributed by atoms with E-state index < -0.39 is 0 Å². The molecule has 3 heteroatoms. The van der Waals surface area contributed by atoms with Crippen molar-refractivity contribution in [3.63, 3.8) is 0 Å². The van der Waals surface area contributed by atoms with E-state index in [4.69, 9.17) is 0 Å². The predicted octanol–water partition coefficient (Wildman–Crippen LogP) is 4.53. The van der Waals surface area contributed by atoms with Gasteiger partial charge in [0, 0.05) is 29.0 Å². The van der Waals surface area contributed by atoms with Gasteiger partial charge in [0.1, 0.15) is 0 Å². The molecule has 1 saturated heterocycles. The van der Waals surface area contributed by atoms with Gasteiger partial charge < -0.3 is 4.90 Å². The minimum absolute atomic E-state index is 0.259. The van der Waals surface area contributed by atoms with Gasteiger partial charge >= 0.3 is 0 Å². The van der Waals surface area contributed by atoms with Crippen LogP contribution in [-0.2, 0) is 0 Å². The first-order valence-electron chi connectivity index (χ1n) is 7.59. The van der Waals surface area contributed by atoms with Crippen LogP contribution < -0.4 is 0 Å². The van der Waals surface area contributed by atoms with Gasteiger partial charge in [-0.25, -0.2) is 0 Å². The quantitative estimate of drug-likeness (QED) is 0.735. The third kappa shape index (κ3) is 4.42. The SMILES string of the molecule is CC1CCC(C)N(CCCC(=O)c2ccc(Br)cc2)C1. The number of hydrogen-bond acceptors (Lipinski definition) is 2. The molecule has 1 heterocycles. The summed E-state index contributed by atoms with van der Waals surface area (Å²) in [5.41, 5.74) is 0.827. The summed E-state index contributed by atoms with van der Waals surface area (Å²) in [6, 6.07) is 8.34. The van der Waals surface area contributed by atoms with Gasteiger partial charge in [0.05, 0.1) is 0 Å². The van der Waals surface area contributed by atoms with Crippen molar-refractivity contribution in [2.45, 2.75) is 45.6 Å². The van der Waals surface area contributed by atoms with Crippen LogP contribution in [0.5, 0.6) is 0 Å². The van der Waals surface area contributed by atoms with Crippen LogP contribution in [-0.4, -0.2) is 29.8 Å². The van der Waals surface area contributed by atoms with Gasteiger partial charge in [0.15, 0.2) is 5.78 Å². The van der Waals surface area contributed by atoms with Crippen molar-refractivity contribution in [2.75, 3.05) is 13.1 Å². The zero-order valence-electron chi connectivity index (χ0n) is 12.4. The normalized spacial score (nSPS) is 23.8. The van der Waals surface area contributed by atoms with E-state index in [1.54, 1.807) is 0 Å². The largest absolute Gasteiger partial charge is 0.300 e. The number of rotatable bonds is 5. The average molecular weight is 338 g/mol. The summed E-state index contributed by atoms with van der Waals surface area (Å²) in [4.78, 5) is 14.7. The molecule has 1 aliphatic heterocycles. The van der Waals surface area contributed by atoms with Crippen molar-refractivity contribution in [1.29, 1.82) is 0 Å². The molecule has 1 aromatic carbocycles. The molecule has 0 radical (unpaired) electrons. The van der Waals surface area contributed by atoms with Gasteiger partial charge in [-0.3, -0.25) is 4.79 Å². The van der Waals surface area contributed by atoms with Crippen molar-refractivity contribution in [1.82, 2.24) is 4.90 Å². The van der Waals surface area contributed by atoms with Crippen molar-refractivity contribution in [3.8, 4) is 0 Å². The zero-order chi connectivity index (χ0) is 14.5. The van der Waals surface area contributed by atoms with E-state index in [-0.39, 0.29) is 5.78 Å². The van der Waals surface area contributed by atoms with E-state index in [1.165, 1.54) is 19.4 Å². The second kappa shape index (κ2) is 7.37. The lowest BCUT2D eigenvalue weighted by Crippen LogP contribution is -2.41. The third-order valence-corrected chi connectivity index (χ3v) is 4.79. The lowest BCUT2D eigenvalue weighted by molar-refractivity contribution is 0.0949. The van der Waals surface area contributed by atoms with Crippen LogP contribution in [0.25, 0.3) is 0 Å². The van der Waals surface area contributed by atoms with Crippen LogP contribution >= 0.6 is 15.9 Å². The molecule has 1 aromatic rings. The summed E-state index contributed by atoms with van der Waals surface area (Å²) in [5.74, 6) is 1.06. The van der Waals surface area contributed by atoms with Gasteiger partial charge in [-0.2, -0.15) is 0 Å². The van der Waals surface area contributed by atoms with Crippen LogP contribution in [0, 0.1) is 5.92 Å². The number of nitrogens with zero attached hydrogens (tertiary/aromatic N) is 1. The Bertz CT molecular complexity index is 443. The van der Waals surface area contributed by atoms with Crippen LogP contribution in [0.3, 0.4) is 0 Å². The molecule has 2 rings (SSSR count). The van der Waals surface area contributed by atoms with Crippen molar-refractivity contribution in [2.24, 2.45) is 5.92 Å². The summed E-state index contributed by atoms with van der Waals surface area (Å²) < 4.78 is 1.02. The number of likely N-dealkylation sites (tertiary alicyclic amines) is 1. The highest BCUT2D eigenvalue weighted by molar-refractivity contribution is 9.10. The fraction of sp³-hybridized carbons (Fsp3) is 0.588. The molecule has 0 spiro atoms. The Morgan fingerprint density at radius 2 is 1.95 bits per heavy atom. The summed E-state index contributed by atoms with van der Waals surface area (Å²) in [5, 5.41) is 0. The monoisotopic (exact) mass is 337 g/mol. The molecular formula is C17H24BrNO. The molecular weight excluding hydrogens is 314 g/mol. The number of halogens is 1. The minimum atomic E-state index is 0.259. The Hall–Kier alpha value is -0.670. The molecule has 1 fully saturated rings. The molecule has 0 N–H and O–H groups in total. The Labute approximate surface area is 130 Å². The number of carbonyl (C=O) groups is 1. The molecule has 0 amide bonds. The number of benzene rings is 1. The highest BCUT2D eigenvalue weighted by Gasteiger charge is 2.22. The van der Waals surface area contributed by atoms with Gasteiger partial charge in [-0.1, -0.05) is 35.0 Å². The topological polar surface area (TPSA) is 20.3 Å². The summed E-state index contributed by atoms with van der Waals surface area (Å²) in [7, 11) is 0. The number of ketones is 1. The second-order valence-corrected chi connectivity index (χ2v) is 6.98. The van der Waals surface area contributed by atoms with Gasteiger partial charge in [0.2, 0.25) is 0 Å². The second-order valence-electron chi connectivity index (χ2n) is 6.06. The number of Topliss-reactive ketones (excluding diaryl/α,β-unsaturated/α-hetero) is 1. The van der Waals surface area contributed by atoms with Crippen molar-refractivity contribution in [3.05, 3.63) is 34.3 Å². The van der Waals surface area contributed by atoms with E-state index >= 15 is 0 Å². The van der Waals surface area contributed by atoms with E-state index in [0.717, 1.165) is 28.9 Å². The Balaban J connectivity index is 1.77. The van der Waals surface area contributed by atoms with Crippen LogP contribution in [0.1, 0.15) is 49.9 Å². The Morgan fingerprint density at radius 3 is 2.65 bits per heavy atom. The lowest BCUT2D eigenvalue weighted by atomic mass is 9.94. The smallest absolute Gasteiger partial charge is 0.162 e. The molecule has 0 saturated carbocycles. The highest BCUT2D eigenvalue weighted by atomic mass is 79.9. The molecule has 0 aliphatic carbocycles. The third-order valence-electron chi connectivity index (χ3n) is 4.26. The maximum Gasteiger partial charge on any atom is 0.162 e.